The van der Waals surface area contributed by atoms with Crippen LogP contribution < -0.4 is 5.73 Å². The number of rotatable bonds is 6. The molecule has 2 nitrogen and oxygen atoms in total. The van der Waals surface area contributed by atoms with Crippen LogP contribution in [0.25, 0.3) is 0 Å². The van der Waals surface area contributed by atoms with Gasteiger partial charge in [-0.15, -0.1) is 0 Å². The van der Waals surface area contributed by atoms with E-state index in [-0.39, 0.29) is 0 Å². The van der Waals surface area contributed by atoms with Gasteiger partial charge < -0.3 is 5.73 Å². The first kappa shape index (κ1) is 14.3. The van der Waals surface area contributed by atoms with E-state index in [1.54, 1.807) is 0 Å². The van der Waals surface area contributed by atoms with Crippen LogP contribution in [0.15, 0.2) is 0 Å². The minimum absolute atomic E-state index is 0.633. The van der Waals surface area contributed by atoms with Gasteiger partial charge in [-0.1, -0.05) is 19.8 Å². The highest BCUT2D eigenvalue weighted by Gasteiger charge is 2.34. The third-order valence-corrected chi connectivity index (χ3v) is 5.02. The Morgan fingerprint density at radius 1 is 1.17 bits per heavy atom. The van der Waals surface area contributed by atoms with Gasteiger partial charge in [0.05, 0.1) is 0 Å². The largest absolute Gasteiger partial charge is 0.329 e. The summed E-state index contributed by atoms with van der Waals surface area (Å²) in [6.07, 6.45) is 8.54. The molecule has 0 bridgehead atoms. The van der Waals surface area contributed by atoms with E-state index in [0.29, 0.717) is 12.1 Å². The van der Waals surface area contributed by atoms with Crippen molar-refractivity contribution >= 4 is 0 Å². The highest BCUT2D eigenvalue weighted by Crippen LogP contribution is 2.36. The third-order valence-electron chi connectivity index (χ3n) is 5.02. The molecule has 0 aliphatic heterocycles. The Balaban J connectivity index is 1.98. The first-order valence-corrected chi connectivity index (χ1v) is 8.07. The second kappa shape index (κ2) is 6.38. The summed E-state index contributed by atoms with van der Waals surface area (Å²) in [6.45, 7) is 9.25. The van der Waals surface area contributed by atoms with Crippen molar-refractivity contribution in [1.29, 1.82) is 0 Å². The van der Waals surface area contributed by atoms with Crippen LogP contribution in [0.4, 0.5) is 0 Å². The summed E-state index contributed by atoms with van der Waals surface area (Å²) in [6, 6.07) is 1.28. The Morgan fingerprint density at radius 2 is 1.89 bits per heavy atom. The molecule has 2 N–H and O–H groups in total. The van der Waals surface area contributed by atoms with Crippen LogP contribution in [-0.4, -0.2) is 30.1 Å². The van der Waals surface area contributed by atoms with Crippen molar-refractivity contribution in [2.24, 2.45) is 23.5 Å². The predicted molar refractivity (Wildman–Crippen MR) is 78.5 cm³/mol. The van der Waals surface area contributed by atoms with Gasteiger partial charge in [-0.05, 0) is 57.3 Å². The molecule has 0 saturated heterocycles. The molecule has 0 aromatic heterocycles. The summed E-state index contributed by atoms with van der Waals surface area (Å²) in [5.41, 5.74) is 6.14. The topological polar surface area (TPSA) is 29.3 Å². The first-order chi connectivity index (χ1) is 8.61. The fraction of sp³-hybridized carbons (Fsp3) is 1.00. The van der Waals surface area contributed by atoms with Crippen LogP contribution in [0.5, 0.6) is 0 Å². The Kier molecular flexibility index (Phi) is 5.08. The average Bonchev–Trinajstić information content (AvgIpc) is 3.12. The van der Waals surface area contributed by atoms with Crippen molar-refractivity contribution in [2.75, 3.05) is 13.1 Å². The second-order valence-electron chi connectivity index (χ2n) is 7.07. The molecule has 2 saturated carbocycles. The zero-order valence-electron chi connectivity index (χ0n) is 12.6. The van der Waals surface area contributed by atoms with Gasteiger partial charge in [0.1, 0.15) is 0 Å². The lowest BCUT2D eigenvalue weighted by Crippen LogP contribution is -2.50. The quantitative estimate of drug-likeness (QED) is 0.786. The fourth-order valence-electron chi connectivity index (χ4n) is 3.76. The molecular weight excluding hydrogens is 220 g/mol. The van der Waals surface area contributed by atoms with E-state index in [1.807, 2.05) is 0 Å². The van der Waals surface area contributed by atoms with Gasteiger partial charge in [-0.25, -0.2) is 0 Å². The van der Waals surface area contributed by atoms with E-state index in [9.17, 15) is 0 Å². The lowest BCUT2D eigenvalue weighted by Gasteiger charge is -2.42. The molecule has 0 aromatic carbocycles. The van der Waals surface area contributed by atoms with Crippen molar-refractivity contribution < 1.29 is 0 Å². The summed E-state index contributed by atoms with van der Waals surface area (Å²) in [7, 11) is 0. The van der Waals surface area contributed by atoms with E-state index >= 15 is 0 Å². The van der Waals surface area contributed by atoms with Crippen molar-refractivity contribution in [3.05, 3.63) is 0 Å². The maximum Gasteiger partial charge on any atom is 0.0249 e. The molecule has 2 aliphatic carbocycles. The SMILES string of the molecule is CC1CCCC(C(CN)N(CC2CC2)C(C)C)C1. The number of hydrogen-bond acceptors (Lipinski definition) is 2. The van der Waals surface area contributed by atoms with E-state index in [4.69, 9.17) is 5.73 Å². The zero-order valence-corrected chi connectivity index (χ0v) is 12.6. The smallest absolute Gasteiger partial charge is 0.0249 e. The molecular formula is C16H32N2. The maximum atomic E-state index is 6.14. The number of nitrogens with zero attached hydrogens (tertiary/aromatic N) is 1. The lowest BCUT2D eigenvalue weighted by atomic mass is 9.78. The highest BCUT2D eigenvalue weighted by molar-refractivity contribution is 4.89. The van der Waals surface area contributed by atoms with Gasteiger partial charge in [-0.2, -0.15) is 0 Å². The summed E-state index contributed by atoms with van der Waals surface area (Å²) in [5, 5.41) is 0. The van der Waals surface area contributed by atoms with Crippen molar-refractivity contribution in [3.63, 3.8) is 0 Å². The van der Waals surface area contributed by atoms with Gasteiger partial charge in [-0.3, -0.25) is 4.90 Å². The average molecular weight is 252 g/mol. The Morgan fingerprint density at radius 3 is 2.39 bits per heavy atom. The standard InChI is InChI=1S/C16H32N2/c1-12(2)18(11-14-7-8-14)16(10-17)15-6-4-5-13(3)9-15/h12-16H,4-11,17H2,1-3H3. The van der Waals surface area contributed by atoms with E-state index in [2.05, 4.69) is 25.7 Å². The maximum absolute atomic E-state index is 6.14. The Hall–Kier alpha value is -0.0800. The summed E-state index contributed by atoms with van der Waals surface area (Å²) in [4.78, 5) is 2.72. The monoisotopic (exact) mass is 252 g/mol. The van der Waals surface area contributed by atoms with Gasteiger partial charge in [0.15, 0.2) is 0 Å². The van der Waals surface area contributed by atoms with Crippen molar-refractivity contribution in [3.8, 4) is 0 Å². The molecule has 0 aromatic rings. The lowest BCUT2D eigenvalue weighted by molar-refractivity contribution is 0.0772. The van der Waals surface area contributed by atoms with E-state index in [1.165, 1.54) is 45.1 Å². The summed E-state index contributed by atoms with van der Waals surface area (Å²) >= 11 is 0. The molecule has 106 valence electrons. The molecule has 0 heterocycles. The molecule has 2 heteroatoms. The van der Waals surface area contributed by atoms with Crippen LogP contribution in [0.3, 0.4) is 0 Å². The zero-order chi connectivity index (χ0) is 13.1. The van der Waals surface area contributed by atoms with Gasteiger partial charge in [0.2, 0.25) is 0 Å². The molecule has 2 fully saturated rings. The molecule has 3 unspecified atom stereocenters. The normalized spacial score (nSPS) is 31.0. The molecule has 0 spiro atoms. The fourth-order valence-corrected chi connectivity index (χ4v) is 3.76. The van der Waals surface area contributed by atoms with E-state index < -0.39 is 0 Å². The number of hydrogen-bond donors (Lipinski definition) is 1. The molecule has 2 rings (SSSR count). The Labute approximate surface area is 113 Å². The predicted octanol–water partition coefficient (Wildman–Crippen LogP) is 3.26. The second-order valence-corrected chi connectivity index (χ2v) is 7.07. The molecule has 18 heavy (non-hydrogen) atoms. The molecule has 2 aliphatic rings. The van der Waals surface area contributed by atoms with E-state index in [0.717, 1.165) is 24.3 Å². The van der Waals surface area contributed by atoms with Crippen molar-refractivity contribution in [1.82, 2.24) is 4.90 Å². The van der Waals surface area contributed by atoms with Crippen LogP contribution in [-0.2, 0) is 0 Å². The first-order valence-electron chi connectivity index (χ1n) is 8.07. The third kappa shape index (κ3) is 3.71. The minimum Gasteiger partial charge on any atom is -0.329 e. The van der Waals surface area contributed by atoms with Gasteiger partial charge >= 0.3 is 0 Å². The molecule has 0 radical (unpaired) electrons. The van der Waals surface area contributed by atoms with Crippen LogP contribution in [0, 0.1) is 17.8 Å². The highest BCUT2D eigenvalue weighted by atomic mass is 15.2. The van der Waals surface area contributed by atoms with Crippen LogP contribution >= 0.6 is 0 Å². The van der Waals surface area contributed by atoms with Gasteiger partial charge in [0, 0.05) is 25.2 Å². The summed E-state index contributed by atoms with van der Waals surface area (Å²) < 4.78 is 0. The molecule has 0 amide bonds. The summed E-state index contributed by atoms with van der Waals surface area (Å²) in [5.74, 6) is 2.73. The van der Waals surface area contributed by atoms with Crippen molar-refractivity contribution in [2.45, 2.75) is 71.4 Å². The van der Waals surface area contributed by atoms with Crippen LogP contribution in [0.1, 0.15) is 59.3 Å². The van der Waals surface area contributed by atoms with Gasteiger partial charge in [0.25, 0.3) is 0 Å². The minimum atomic E-state index is 0.633. The number of nitrogens with two attached hydrogens (primary N) is 1. The van der Waals surface area contributed by atoms with Crippen LogP contribution in [0.2, 0.25) is 0 Å². The Bertz CT molecular complexity index is 247. The molecule has 3 atom stereocenters.